The van der Waals surface area contributed by atoms with Gasteiger partial charge in [0.25, 0.3) is 10.0 Å². The van der Waals surface area contributed by atoms with Crippen LogP contribution in [0.25, 0.3) is 10.9 Å². The Balaban J connectivity index is 2.01. The van der Waals surface area contributed by atoms with Crippen molar-refractivity contribution in [3.63, 3.8) is 0 Å². The number of hydrogen-bond acceptors (Lipinski definition) is 3. The molecule has 0 fully saturated rings. The summed E-state index contributed by atoms with van der Waals surface area (Å²) in [5, 5.41) is 0.857. The van der Waals surface area contributed by atoms with Crippen molar-refractivity contribution in [2.75, 3.05) is 10.5 Å². The molecule has 6 heteroatoms. The highest BCUT2D eigenvalue weighted by atomic mass is 32.2. The fourth-order valence-electron chi connectivity index (χ4n) is 2.07. The maximum absolute atomic E-state index is 12.2. The van der Waals surface area contributed by atoms with Crippen LogP contribution < -0.4 is 10.5 Å². The monoisotopic (exact) mass is 287 g/mol. The van der Waals surface area contributed by atoms with E-state index < -0.39 is 10.0 Å². The van der Waals surface area contributed by atoms with Gasteiger partial charge in [0.1, 0.15) is 0 Å². The second-order valence-electron chi connectivity index (χ2n) is 4.43. The largest absolute Gasteiger partial charge is 0.397 e. The van der Waals surface area contributed by atoms with Crippen LogP contribution in [0.2, 0.25) is 0 Å². The number of anilines is 2. The molecule has 0 bridgehead atoms. The summed E-state index contributed by atoms with van der Waals surface area (Å²) in [6, 6.07) is 13.4. The lowest BCUT2D eigenvalue weighted by atomic mass is 10.2. The molecule has 0 saturated carbocycles. The maximum atomic E-state index is 12.2. The minimum Gasteiger partial charge on any atom is -0.397 e. The number of nitrogens with one attached hydrogen (secondary N) is 2. The SMILES string of the molecule is Nc1cc(NS(=O)(=O)c2ccccc2)cc2cc[nH]c12. The fraction of sp³-hybridized carbons (Fsp3) is 0. The number of fused-ring (bicyclic) bond motifs is 1. The summed E-state index contributed by atoms with van der Waals surface area (Å²) in [5.41, 5.74) is 7.63. The lowest BCUT2D eigenvalue weighted by Crippen LogP contribution is -2.12. The van der Waals surface area contributed by atoms with E-state index in [9.17, 15) is 8.42 Å². The van der Waals surface area contributed by atoms with Crippen molar-refractivity contribution in [3.05, 3.63) is 54.7 Å². The van der Waals surface area contributed by atoms with Crippen LogP contribution in [-0.4, -0.2) is 13.4 Å². The van der Waals surface area contributed by atoms with Gasteiger partial charge in [-0.1, -0.05) is 18.2 Å². The molecular formula is C14H13N3O2S. The van der Waals surface area contributed by atoms with Crippen molar-refractivity contribution in [3.8, 4) is 0 Å². The van der Waals surface area contributed by atoms with E-state index in [0.717, 1.165) is 10.9 Å². The third-order valence-electron chi connectivity index (χ3n) is 3.00. The van der Waals surface area contributed by atoms with Crippen LogP contribution in [-0.2, 0) is 10.0 Å². The van der Waals surface area contributed by atoms with Crippen LogP contribution in [0.15, 0.2) is 59.6 Å². The Morgan fingerprint density at radius 1 is 1.05 bits per heavy atom. The number of sulfonamides is 1. The molecule has 0 radical (unpaired) electrons. The van der Waals surface area contributed by atoms with Crippen molar-refractivity contribution in [1.82, 2.24) is 4.98 Å². The lowest BCUT2D eigenvalue weighted by Gasteiger charge is -2.09. The number of rotatable bonds is 3. The van der Waals surface area contributed by atoms with E-state index in [0.29, 0.717) is 11.4 Å². The van der Waals surface area contributed by atoms with E-state index in [1.165, 1.54) is 0 Å². The van der Waals surface area contributed by atoms with Gasteiger partial charge in [-0.05, 0) is 30.3 Å². The van der Waals surface area contributed by atoms with Gasteiger partial charge in [0.2, 0.25) is 0 Å². The molecule has 20 heavy (non-hydrogen) atoms. The van der Waals surface area contributed by atoms with Crippen LogP contribution in [0, 0.1) is 0 Å². The predicted molar refractivity (Wildman–Crippen MR) is 80.0 cm³/mol. The Labute approximate surface area is 116 Å². The Bertz CT molecular complexity index is 855. The van der Waals surface area contributed by atoms with Gasteiger partial charge >= 0.3 is 0 Å². The number of aromatic amines is 1. The Kier molecular flexibility index (Phi) is 2.87. The highest BCUT2D eigenvalue weighted by Gasteiger charge is 2.14. The zero-order valence-corrected chi connectivity index (χ0v) is 11.3. The molecule has 0 saturated heterocycles. The highest BCUT2D eigenvalue weighted by molar-refractivity contribution is 7.92. The zero-order valence-electron chi connectivity index (χ0n) is 10.5. The summed E-state index contributed by atoms with van der Waals surface area (Å²) in [4.78, 5) is 3.22. The molecule has 0 unspecified atom stereocenters. The van der Waals surface area contributed by atoms with E-state index in [1.54, 1.807) is 48.7 Å². The second-order valence-corrected chi connectivity index (χ2v) is 6.11. The molecule has 2 aromatic carbocycles. The van der Waals surface area contributed by atoms with Gasteiger partial charge in [-0.25, -0.2) is 8.42 Å². The first-order valence-corrected chi connectivity index (χ1v) is 7.49. The zero-order chi connectivity index (χ0) is 14.2. The third kappa shape index (κ3) is 2.21. The summed E-state index contributed by atoms with van der Waals surface area (Å²) in [6.07, 6.45) is 1.76. The Hall–Kier alpha value is -2.47. The van der Waals surface area contributed by atoms with Crippen molar-refractivity contribution in [1.29, 1.82) is 0 Å². The molecule has 1 heterocycles. The molecule has 0 spiro atoms. The van der Waals surface area contributed by atoms with Gasteiger partial charge in [-0.3, -0.25) is 4.72 Å². The Morgan fingerprint density at radius 3 is 2.55 bits per heavy atom. The van der Waals surface area contributed by atoms with Crippen molar-refractivity contribution >= 4 is 32.3 Å². The van der Waals surface area contributed by atoms with E-state index >= 15 is 0 Å². The summed E-state index contributed by atoms with van der Waals surface area (Å²) in [5.74, 6) is 0. The van der Waals surface area contributed by atoms with Gasteiger partial charge in [-0.2, -0.15) is 0 Å². The minimum atomic E-state index is -3.60. The summed E-state index contributed by atoms with van der Waals surface area (Å²) < 4.78 is 27.0. The van der Waals surface area contributed by atoms with Crippen LogP contribution in [0.3, 0.4) is 0 Å². The number of hydrogen-bond donors (Lipinski definition) is 3. The van der Waals surface area contributed by atoms with Crippen molar-refractivity contribution in [2.45, 2.75) is 4.90 Å². The van der Waals surface area contributed by atoms with Gasteiger partial charge in [0, 0.05) is 11.6 Å². The molecule has 3 aromatic rings. The van der Waals surface area contributed by atoms with E-state index in [4.69, 9.17) is 5.73 Å². The van der Waals surface area contributed by atoms with Gasteiger partial charge in [-0.15, -0.1) is 0 Å². The maximum Gasteiger partial charge on any atom is 0.261 e. The average Bonchev–Trinajstić information content (AvgIpc) is 2.88. The molecule has 5 nitrogen and oxygen atoms in total. The van der Waals surface area contributed by atoms with Gasteiger partial charge in [0.15, 0.2) is 0 Å². The second kappa shape index (κ2) is 4.57. The van der Waals surface area contributed by atoms with E-state index in [2.05, 4.69) is 9.71 Å². The molecule has 4 N–H and O–H groups in total. The molecule has 0 aliphatic rings. The topological polar surface area (TPSA) is 88.0 Å². The van der Waals surface area contributed by atoms with E-state index in [-0.39, 0.29) is 4.90 Å². The standard InChI is InChI=1S/C14H13N3O2S/c15-13-9-11(8-10-6-7-16-14(10)13)17-20(18,19)12-4-2-1-3-5-12/h1-9,16-17H,15H2. The predicted octanol–water partition coefficient (Wildman–Crippen LogP) is 2.55. The lowest BCUT2D eigenvalue weighted by molar-refractivity contribution is 0.601. The molecule has 0 aliphatic carbocycles. The first-order chi connectivity index (χ1) is 9.56. The first-order valence-electron chi connectivity index (χ1n) is 6.01. The van der Waals surface area contributed by atoms with Crippen molar-refractivity contribution in [2.24, 2.45) is 0 Å². The normalized spacial score (nSPS) is 11.6. The third-order valence-corrected chi connectivity index (χ3v) is 4.39. The van der Waals surface area contributed by atoms with Crippen molar-refractivity contribution < 1.29 is 8.42 Å². The number of nitrogen functional groups attached to an aromatic ring is 1. The molecule has 102 valence electrons. The molecule has 3 rings (SSSR count). The molecule has 1 aromatic heterocycles. The number of H-pyrrole nitrogens is 1. The average molecular weight is 287 g/mol. The number of nitrogens with two attached hydrogens (primary N) is 1. The molecular weight excluding hydrogens is 274 g/mol. The number of aromatic nitrogens is 1. The smallest absolute Gasteiger partial charge is 0.261 e. The molecule has 0 aliphatic heterocycles. The highest BCUT2D eigenvalue weighted by Crippen LogP contribution is 2.26. The van der Waals surface area contributed by atoms with Crippen LogP contribution >= 0.6 is 0 Å². The van der Waals surface area contributed by atoms with Crippen LogP contribution in [0.5, 0.6) is 0 Å². The molecule has 0 amide bonds. The summed E-state index contributed by atoms with van der Waals surface area (Å²) >= 11 is 0. The van der Waals surface area contributed by atoms with Gasteiger partial charge in [0.05, 0.1) is 21.8 Å². The quantitative estimate of drug-likeness (QED) is 0.647. The number of benzene rings is 2. The molecule has 0 atom stereocenters. The van der Waals surface area contributed by atoms with E-state index in [1.807, 2.05) is 6.07 Å². The van der Waals surface area contributed by atoms with Gasteiger partial charge < -0.3 is 10.7 Å². The minimum absolute atomic E-state index is 0.215. The summed E-state index contributed by atoms with van der Waals surface area (Å²) in [6.45, 7) is 0. The first kappa shape index (κ1) is 12.6. The summed E-state index contributed by atoms with van der Waals surface area (Å²) in [7, 11) is -3.60. The van der Waals surface area contributed by atoms with Crippen LogP contribution in [0.4, 0.5) is 11.4 Å². The van der Waals surface area contributed by atoms with Crippen LogP contribution in [0.1, 0.15) is 0 Å². The Morgan fingerprint density at radius 2 is 1.80 bits per heavy atom. The fourth-order valence-corrected chi connectivity index (χ4v) is 3.13.